The number of carbonyl (C=O) groups is 2. The highest BCUT2D eigenvalue weighted by Gasteiger charge is 2.10. The van der Waals surface area contributed by atoms with Gasteiger partial charge >= 0.3 is 0 Å². The third-order valence-corrected chi connectivity index (χ3v) is 3.62. The van der Waals surface area contributed by atoms with Crippen LogP contribution in [-0.4, -0.2) is 24.7 Å². The SMILES string of the molecule is COc1ccc(C(=O)NC(=O)CSCc2ccco2)cc1. The van der Waals surface area contributed by atoms with E-state index in [0.29, 0.717) is 17.1 Å². The first-order chi connectivity index (χ1) is 10.2. The van der Waals surface area contributed by atoms with Crippen LogP contribution in [0.3, 0.4) is 0 Å². The molecule has 0 saturated heterocycles. The topological polar surface area (TPSA) is 68.5 Å². The molecule has 0 aliphatic heterocycles. The Balaban J connectivity index is 1.77. The fourth-order valence-electron chi connectivity index (χ4n) is 1.62. The molecule has 0 fully saturated rings. The van der Waals surface area contributed by atoms with Crippen LogP contribution in [-0.2, 0) is 10.5 Å². The second kappa shape index (κ2) is 7.54. The zero-order chi connectivity index (χ0) is 15.1. The highest BCUT2D eigenvalue weighted by molar-refractivity contribution is 7.99. The second-order valence-corrected chi connectivity index (χ2v) is 5.16. The summed E-state index contributed by atoms with van der Waals surface area (Å²) in [6.07, 6.45) is 1.59. The summed E-state index contributed by atoms with van der Waals surface area (Å²) in [5.74, 6) is 1.51. The molecule has 1 N–H and O–H groups in total. The molecule has 6 heteroatoms. The van der Waals surface area contributed by atoms with Gasteiger partial charge in [-0.3, -0.25) is 14.9 Å². The summed E-state index contributed by atoms with van der Waals surface area (Å²) in [7, 11) is 1.55. The molecular weight excluding hydrogens is 290 g/mol. The summed E-state index contributed by atoms with van der Waals surface area (Å²) in [5.41, 5.74) is 0.417. The van der Waals surface area contributed by atoms with Crippen molar-refractivity contribution in [2.24, 2.45) is 0 Å². The summed E-state index contributed by atoms with van der Waals surface area (Å²) < 4.78 is 10.2. The molecule has 110 valence electrons. The van der Waals surface area contributed by atoms with Gasteiger partial charge in [0.05, 0.1) is 24.9 Å². The number of imide groups is 1. The maximum atomic E-state index is 11.8. The number of thioether (sulfide) groups is 1. The van der Waals surface area contributed by atoms with E-state index in [1.165, 1.54) is 11.8 Å². The van der Waals surface area contributed by atoms with Crippen molar-refractivity contribution in [3.8, 4) is 5.75 Å². The van der Waals surface area contributed by atoms with Gasteiger partial charge in [0.2, 0.25) is 5.91 Å². The predicted molar refractivity (Wildman–Crippen MR) is 80.3 cm³/mol. The number of hydrogen-bond donors (Lipinski definition) is 1. The van der Waals surface area contributed by atoms with Crippen LogP contribution in [0, 0.1) is 0 Å². The summed E-state index contributed by atoms with van der Waals surface area (Å²) in [6.45, 7) is 0. The first-order valence-electron chi connectivity index (χ1n) is 6.27. The first kappa shape index (κ1) is 15.2. The molecule has 2 aromatic rings. The van der Waals surface area contributed by atoms with Gasteiger partial charge in [-0.1, -0.05) is 0 Å². The van der Waals surface area contributed by atoms with Gasteiger partial charge in [0.15, 0.2) is 0 Å². The van der Waals surface area contributed by atoms with E-state index in [0.717, 1.165) is 5.76 Å². The molecule has 0 aliphatic carbocycles. The number of amides is 2. The van der Waals surface area contributed by atoms with Gasteiger partial charge < -0.3 is 9.15 Å². The molecule has 0 bridgehead atoms. The van der Waals surface area contributed by atoms with E-state index in [-0.39, 0.29) is 11.7 Å². The molecule has 2 rings (SSSR count). The minimum absolute atomic E-state index is 0.197. The standard InChI is InChI=1S/C15H15NO4S/c1-19-12-6-4-11(5-7-12)15(18)16-14(17)10-21-9-13-3-2-8-20-13/h2-8H,9-10H2,1H3,(H,16,17,18). The van der Waals surface area contributed by atoms with Crippen LogP contribution in [0.4, 0.5) is 0 Å². The van der Waals surface area contributed by atoms with E-state index >= 15 is 0 Å². The Morgan fingerprint density at radius 3 is 2.62 bits per heavy atom. The van der Waals surface area contributed by atoms with E-state index in [9.17, 15) is 9.59 Å². The smallest absolute Gasteiger partial charge is 0.257 e. The molecule has 1 aromatic heterocycles. The van der Waals surface area contributed by atoms with E-state index < -0.39 is 5.91 Å². The fourth-order valence-corrected chi connectivity index (χ4v) is 2.34. The van der Waals surface area contributed by atoms with E-state index in [1.807, 2.05) is 6.07 Å². The van der Waals surface area contributed by atoms with Crippen LogP contribution < -0.4 is 10.1 Å². The summed E-state index contributed by atoms with van der Waals surface area (Å²) in [4.78, 5) is 23.5. The lowest BCUT2D eigenvalue weighted by atomic mass is 10.2. The number of benzene rings is 1. The number of furan rings is 1. The van der Waals surface area contributed by atoms with Crippen molar-refractivity contribution in [2.45, 2.75) is 5.75 Å². The van der Waals surface area contributed by atoms with E-state index in [4.69, 9.17) is 9.15 Å². The van der Waals surface area contributed by atoms with Crippen LogP contribution in [0.15, 0.2) is 47.1 Å². The minimum Gasteiger partial charge on any atom is -0.497 e. The molecule has 0 radical (unpaired) electrons. The monoisotopic (exact) mass is 305 g/mol. The Morgan fingerprint density at radius 1 is 1.24 bits per heavy atom. The molecule has 1 heterocycles. The summed E-state index contributed by atoms with van der Waals surface area (Å²) >= 11 is 1.38. The van der Waals surface area contributed by atoms with Gasteiger partial charge in [0.1, 0.15) is 11.5 Å². The average molecular weight is 305 g/mol. The van der Waals surface area contributed by atoms with Crippen LogP contribution in [0.25, 0.3) is 0 Å². The van der Waals surface area contributed by atoms with Crippen molar-refractivity contribution in [3.63, 3.8) is 0 Å². The average Bonchev–Trinajstić information content (AvgIpc) is 3.00. The van der Waals surface area contributed by atoms with Gasteiger partial charge in [-0.05, 0) is 36.4 Å². The molecule has 0 spiro atoms. The summed E-state index contributed by atoms with van der Waals surface area (Å²) in [6, 6.07) is 10.2. The zero-order valence-electron chi connectivity index (χ0n) is 11.5. The van der Waals surface area contributed by atoms with Gasteiger partial charge in [0, 0.05) is 5.56 Å². The Bertz CT molecular complexity index is 593. The second-order valence-electron chi connectivity index (χ2n) is 4.18. The zero-order valence-corrected chi connectivity index (χ0v) is 12.3. The first-order valence-corrected chi connectivity index (χ1v) is 7.43. The molecule has 21 heavy (non-hydrogen) atoms. The lowest BCUT2D eigenvalue weighted by Crippen LogP contribution is -2.31. The molecule has 1 aromatic carbocycles. The number of rotatable bonds is 6. The lowest BCUT2D eigenvalue weighted by Gasteiger charge is -2.05. The molecule has 2 amide bonds. The maximum absolute atomic E-state index is 11.8. The number of ether oxygens (including phenoxy) is 1. The lowest BCUT2D eigenvalue weighted by molar-refractivity contribution is -0.117. The highest BCUT2D eigenvalue weighted by Crippen LogP contribution is 2.13. The third-order valence-electron chi connectivity index (χ3n) is 2.66. The van der Waals surface area contributed by atoms with Gasteiger partial charge in [-0.25, -0.2) is 0 Å². The third kappa shape index (κ3) is 4.68. The van der Waals surface area contributed by atoms with Crippen molar-refractivity contribution < 1.29 is 18.7 Å². The minimum atomic E-state index is -0.416. The van der Waals surface area contributed by atoms with E-state index in [1.54, 1.807) is 43.7 Å². The molecule has 0 saturated carbocycles. The van der Waals surface area contributed by atoms with Crippen molar-refractivity contribution in [2.75, 3.05) is 12.9 Å². The summed E-state index contributed by atoms with van der Waals surface area (Å²) in [5, 5.41) is 2.34. The van der Waals surface area contributed by atoms with Crippen molar-refractivity contribution in [3.05, 3.63) is 54.0 Å². The number of hydrogen-bond acceptors (Lipinski definition) is 5. The van der Waals surface area contributed by atoms with Gasteiger partial charge in [-0.15, -0.1) is 11.8 Å². The molecule has 5 nitrogen and oxygen atoms in total. The largest absolute Gasteiger partial charge is 0.497 e. The Hall–Kier alpha value is -2.21. The quantitative estimate of drug-likeness (QED) is 0.888. The Morgan fingerprint density at radius 2 is 2.00 bits per heavy atom. The predicted octanol–water partition coefficient (Wildman–Crippen LogP) is 2.48. The van der Waals surface area contributed by atoms with Crippen LogP contribution in [0.1, 0.15) is 16.1 Å². The Labute approximate surface area is 126 Å². The Kier molecular flexibility index (Phi) is 5.45. The van der Waals surface area contributed by atoms with E-state index in [2.05, 4.69) is 5.32 Å². The molecule has 0 atom stereocenters. The fraction of sp³-hybridized carbons (Fsp3) is 0.200. The van der Waals surface area contributed by atoms with Gasteiger partial charge in [-0.2, -0.15) is 0 Å². The molecule has 0 aliphatic rings. The van der Waals surface area contributed by atoms with Crippen LogP contribution >= 0.6 is 11.8 Å². The van der Waals surface area contributed by atoms with Gasteiger partial charge in [0.25, 0.3) is 5.91 Å². The van der Waals surface area contributed by atoms with Crippen LogP contribution in [0.5, 0.6) is 5.75 Å². The number of methoxy groups -OCH3 is 1. The van der Waals surface area contributed by atoms with Crippen molar-refractivity contribution in [1.82, 2.24) is 5.32 Å². The number of nitrogens with one attached hydrogen (secondary N) is 1. The maximum Gasteiger partial charge on any atom is 0.257 e. The highest BCUT2D eigenvalue weighted by atomic mass is 32.2. The molecular formula is C15H15NO4S. The van der Waals surface area contributed by atoms with Crippen LogP contribution in [0.2, 0.25) is 0 Å². The van der Waals surface area contributed by atoms with Crippen molar-refractivity contribution in [1.29, 1.82) is 0 Å². The molecule has 0 unspecified atom stereocenters. The normalized spacial score (nSPS) is 10.1. The van der Waals surface area contributed by atoms with Crippen molar-refractivity contribution >= 4 is 23.6 Å². The number of carbonyl (C=O) groups excluding carboxylic acids is 2.